The highest BCUT2D eigenvalue weighted by atomic mass is 16.5. The highest BCUT2D eigenvalue weighted by Gasteiger charge is 2.28. The zero-order valence-corrected chi connectivity index (χ0v) is 24.6. The smallest absolute Gasteiger partial charge is 0.338 e. The van der Waals surface area contributed by atoms with Gasteiger partial charge in [0, 0.05) is 31.1 Å². The molecule has 5 nitrogen and oxygen atoms in total. The molecule has 0 aromatic heterocycles. The third-order valence-electron chi connectivity index (χ3n) is 7.96. The van der Waals surface area contributed by atoms with Crippen molar-refractivity contribution in [2.45, 2.75) is 58.6 Å². The number of fused-ring (bicyclic) bond motifs is 1. The molecule has 1 fully saturated rings. The number of hydrogen-bond acceptors (Lipinski definition) is 4. The van der Waals surface area contributed by atoms with Crippen LogP contribution in [-0.4, -0.2) is 32.1 Å². The minimum Gasteiger partial charge on any atom is -0.459 e. The summed E-state index contributed by atoms with van der Waals surface area (Å²) in [4.78, 5) is 30.7. The summed E-state index contributed by atoms with van der Waals surface area (Å²) in [6, 6.07) is 28.7. The first-order chi connectivity index (χ1) is 19.8. The minimum absolute atomic E-state index is 0.0359. The van der Waals surface area contributed by atoms with E-state index in [9.17, 15) is 9.59 Å². The molecule has 0 heterocycles. The largest absolute Gasteiger partial charge is 0.459 e. The Labute approximate surface area is 243 Å². The molecule has 0 radical (unpaired) electrons. The average molecular weight is 549 g/mol. The molecule has 5 rings (SSSR count). The number of esters is 1. The molecule has 0 N–H and O–H groups in total. The predicted octanol–water partition coefficient (Wildman–Crippen LogP) is 8.25. The fourth-order valence-electron chi connectivity index (χ4n) is 5.70. The summed E-state index contributed by atoms with van der Waals surface area (Å²) in [7, 11) is 4.08. The number of ether oxygens (including phenoxy) is 1. The predicted molar refractivity (Wildman–Crippen MR) is 168 cm³/mol. The highest BCUT2D eigenvalue weighted by Crippen LogP contribution is 2.34. The van der Waals surface area contributed by atoms with Gasteiger partial charge in [0.25, 0.3) is 0 Å². The quantitative estimate of drug-likeness (QED) is 0.208. The number of anilines is 2. The molecule has 212 valence electrons. The molecule has 4 aromatic carbocycles. The zero-order chi connectivity index (χ0) is 28.9. The van der Waals surface area contributed by atoms with Crippen LogP contribution in [-0.2, 0) is 16.1 Å². The molecule has 0 spiro atoms. The molecule has 1 aliphatic rings. The normalized spacial score (nSPS) is 13.8. The van der Waals surface area contributed by atoms with Gasteiger partial charge in [-0.15, -0.1) is 0 Å². The third-order valence-corrected chi connectivity index (χ3v) is 7.96. The molecular formula is C36H40N2O3. The van der Waals surface area contributed by atoms with Crippen molar-refractivity contribution in [2.75, 3.05) is 23.9 Å². The lowest BCUT2D eigenvalue weighted by Crippen LogP contribution is -2.36. The Morgan fingerprint density at radius 1 is 0.829 bits per heavy atom. The van der Waals surface area contributed by atoms with Crippen LogP contribution in [0.1, 0.15) is 61.9 Å². The second-order valence-electron chi connectivity index (χ2n) is 11.6. The van der Waals surface area contributed by atoms with Crippen molar-refractivity contribution in [1.82, 2.24) is 0 Å². The molecule has 0 bridgehead atoms. The lowest BCUT2D eigenvalue weighted by atomic mass is 9.88. The standard InChI is InChI=1S/C36H40N2O3/c1-25(2)41-36(40)31-19-22-33-30(23-31)11-8-12-34(33)38(35(39)29-9-6-5-7-10-29)24-26-13-15-27(16-14-26)28-17-20-32(21-18-28)37(3)4/h8,11-23,25,29H,5-7,9-10,24H2,1-4H3. The Morgan fingerprint density at radius 3 is 2.12 bits per heavy atom. The van der Waals surface area contributed by atoms with E-state index >= 15 is 0 Å². The number of carbonyl (C=O) groups is 2. The maximum absolute atomic E-state index is 14.1. The number of rotatable bonds is 8. The van der Waals surface area contributed by atoms with E-state index in [1.165, 1.54) is 12.1 Å². The molecule has 0 unspecified atom stereocenters. The van der Waals surface area contributed by atoms with Crippen LogP contribution in [0.2, 0.25) is 0 Å². The van der Waals surface area contributed by atoms with Crippen molar-refractivity contribution >= 4 is 34.0 Å². The Bertz CT molecular complexity index is 1500. The van der Waals surface area contributed by atoms with Crippen LogP contribution in [0.25, 0.3) is 21.9 Å². The molecule has 1 saturated carbocycles. The summed E-state index contributed by atoms with van der Waals surface area (Å²) in [6.45, 7) is 4.18. The maximum atomic E-state index is 14.1. The first-order valence-electron chi connectivity index (χ1n) is 14.7. The highest BCUT2D eigenvalue weighted by molar-refractivity contribution is 6.06. The van der Waals surface area contributed by atoms with E-state index in [-0.39, 0.29) is 23.9 Å². The van der Waals surface area contributed by atoms with Crippen molar-refractivity contribution in [2.24, 2.45) is 5.92 Å². The van der Waals surface area contributed by atoms with Gasteiger partial charge in [-0.2, -0.15) is 0 Å². The van der Waals surface area contributed by atoms with E-state index in [1.807, 2.05) is 63.2 Å². The summed E-state index contributed by atoms with van der Waals surface area (Å²) in [5.74, 6) is -0.114. The third kappa shape index (κ3) is 6.62. The first kappa shape index (κ1) is 28.4. The van der Waals surface area contributed by atoms with Gasteiger partial charge >= 0.3 is 5.97 Å². The SMILES string of the molecule is CC(C)OC(=O)c1ccc2c(N(Cc3ccc(-c4ccc(N(C)C)cc4)cc3)C(=O)C3CCCCC3)cccc2c1. The van der Waals surface area contributed by atoms with Crippen LogP contribution in [0.5, 0.6) is 0 Å². The molecule has 1 amide bonds. The Hall–Kier alpha value is -4.12. The van der Waals surface area contributed by atoms with Crippen molar-refractivity contribution < 1.29 is 14.3 Å². The summed E-state index contributed by atoms with van der Waals surface area (Å²) in [6.07, 6.45) is 5.09. The number of hydrogen-bond donors (Lipinski definition) is 0. The van der Waals surface area contributed by atoms with E-state index in [1.54, 1.807) is 6.07 Å². The monoisotopic (exact) mass is 548 g/mol. The number of nitrogens with zero attached hydrogens (tertiary/aromatic N) is 2. The molecule has 4 aromatic rings. The lowest BCUT2D eigenvalue weighted by molar-refractivity contribution is -0.123. The fraction of sp³-hybridized carbons (Fsp3) is 0.333. The summed E-state index contributed by atoms with van der Waals surface area (Å²) >= 11 is 0. The van der Waals surface area contributed by atoms with Crippen molar-refractivity contribution in [1.29, 1.82) is 0 Å². The molecular weight excluding hydrogens is 508 g/mol. The van der Waals surface area contributed by atoms with Gasteiger partial charge in [0.15, 0.2) is 0 Å². The second-order valence-corrected chi connectivity index (χ2v) is 11.6. The van der Waals surface area contributed by atoms with Gasteiger partial charge in [-0.3, -0.25) is 4.79 Å². The Balaban J connectivity index is 1.46. The molecule has 41 heavy (non-hydrogen) atoms. The van der Waals surface area contributed by atoms with E-state index in [0.29, 0.717) is 12.1 Å². The summed E-state index contributed by atoms with van der Waals surface area (Å²) in [5, 5.41) is 1.87. The topological polar surface area (TPSA) is 49.9 Å². The van der Waals surface area contributed by atoms with Crippen LogP contribution in [0.15, 0.2) is 84.9 Å². The van der Waals surface area contributed by atoms with Crippen molar-refractivity contribution in [3.8, 4) is 11.1 Å². The van der Waals surface area contributed by atoms with E-state index < -0.39 is 0 Å². The molecule has 0 saturated heterocycles. The number of amides is 1. The van der Waals surface area contributed by atoms with E-state index in [4.69, 9.17) is 4.74 Å². The molecule has 1 aliphatic carbocycles. The summed E-state index contributed by atoms with van der Waals surface area (Å²) in [5.41, 5.74) is 5.96. The number of benzene rings is 4. The van der Waals surface area contributed by atoms with Gasteiger partial charge in [-0.25, -0.2) is 4.79 Å². The Kier molecular flexibility index (Phi) is 8.72. The Morgan fingerprint density at radius 2 is 1.49 bits per heavy atom. The van der Waals surface area contributed by atoms with E-state index in [2.05, 4.69) is 53.4 Å². The molecule has 5 heteroatoms. The van der Waals surface area contributed by atoms with Gasteiger partial charge in [0.05, 0.1) is 23.9 Å². The van der Waals surface area contributed by atoms with Crippen molar-refractivity contribution in [3.63, 3.8) is 0 Å². The van der Waals surface area contributed by atoms with Crippen molar-refractivity contribution in [3.05, 3.63) is 96.1 Å². The van der Waals surface area contributed by atoms with Gasteiger partial charge in [0.2, 0.25) is 5.91 Å². The van der Waals surface area contributed by atoms with Crippen LogP contribution >= 0.6 is 0 Å². The van der Waals surface area contributed by atoms with Gasteiger partial charge in [-0.1, -0.05) is 73.9 Å². The van der Waals surface area contributed by atoms with Gasteiger partial charge in [0.1, 0.15) is 0 Å². The van der Waals surface area contributed by atoms with Gasteiger partial charge in [-0.05, 0) is 79.1 Å². The maximum Gasteiger partial charge on any atom is 0.338 e. The fourth-order valence-corrected chi connectivity index (χ4v) is 5.70. The summed E-state index contributed by atoms with van der Waals surface area (Å²) < 4.78 is 5.41. The number of carbonyl (C=O) groups excluding carboxylic acids is 2. The first-order valence-corrected chi connectivity index (χ1v) is 14.7. The van der Waals surface area contributed by atoms with E-state index in [0.717, 1.165) is 58.8 Å². The van der Waals surface area contributed by atoms with Crippen LogP contribution in [0, 0.1) is 5.92 Å². The molecule has 0 aliphatic heterocycles. The average Bonchev–Trinajstić information content (AvgIpc) is 2.99. The van der Waals surface area contributed by atoms with Crippen LogP contribution in [0.3, 0.4) is 0 Å². The minimum atomic E-state index is -0.334. The lowest BCUT2D eigenvalue weighted by Gasteiger charge is -2.30. The zero-order valence-electron chi connectivity index (χ0n) is 24.6. The second kappa shape index (κ2) is 12.6. The molecule has 0 atom stereocenters. The van der Waals surface area contributed by atoms with Crippen LogP contribution < -0.4 is 9.80 Å². The van der Waals surface area contributed by atoms with Gasteiger partial charge < -0.3 is 14.5 Å². The van der Waals surface area contributed by atoms with Crippen LogP contribution in [0.4, 0.5) is 11.4 Å².